The fraction of sp³-hybridized carbons (Fsp3) is 0.167. The Balaban J connectivity index is 2.21. The van der Waals surface area contributed by atoms with Gasteiger partial charge < -0.3 is 15.7 Å². The molecule has 0 atom stereocenters. The zero-order valence-corrected chi connectivity index (χ0v) is 10.6. The lowest BCUT2D eigenvalue weighted by Crippen LogP contribution is -2.23. The van der Waals surface area contributed by atoms with Crippen molar-refractivity contribution in [2.75, 3.05) is 7.05 Å². The Morgan fingerprint density at radius 1 is 1.67 bits per heavy atom. The molecule has 2 heterocycles. The summed E-state index contributed by atoms with van der Waals surface area (Å²) in [5.74, 6) is -1.03. The Bertz CT molecular complexity index is 573. The summed E-state index contributed by atoms with van der Waals surface area (Å²) in [6, 6.07) is 5.84. The van der Waals surface area contributed by atoms with Crippen LogP contribution in [0.3, 0.4) is 0 Å². The highest BCUT2D eigenvalue weighted by Crippen LogP contribution is 2.25. The SMILES string of the molecule is CN(Cc1cc2ncccc2s1)/C(=C\N)C(=O)O. The van der Waals surface area contributed by atoms with Gasteiger partial charge in [-0.25, -0.2) is 4.79 Å². The third kappa shape index (κ3) is 2.43. The first-order valence-corrected chi connectivity index (χ1v) is 6.13. The third-order valence-electron chi connectivity index (χ3n) is 2.52. The molecule has 0 saturated carbocycles. The summed E-state index contributed by atoms with van der Waals surface area (Å²) < 4.78 is 1.09. The average Bonchev–Trinajstić information content (AvgIpc) is 2.71. The number of nitrogens with two attached hydrogens (primary N) is 1. The van der Waals surface area contributed by atoms with E-state index in [-0.39, 0.29) is 5.70 Å². The molecule has 0 unspecified atom stereocenters. The molecule has 0 saturated heterocycles. The molecule has 2 aromatic rings. The summed E-state index contributed by atoms with van der Waals surface area (Å²) in [7, 11) is 1.70. The van der Waals surface area contributed by atoms with E-state index >= 15 is 0 Å². The number of likely N-dealkylation sites (N-methyl/N-ethyl adjacent to an activating group) is 1. The van der Waals surface area contributed by atoms with E-state index < -0.39 is 5.97 Å². The zero-order valence-electron chi connectivity index (χ0n) is 9.83. The van der Waals surface area contributed by atoms with Gasteiger partial charge >= 0.3 is 5.97 Å². The molecule has 0 aliphatic carbocycles. The van der Waals surface area contributed by atoms with Crippen molar-refractivity contribution in [2.45, 2.75) is 6.54 Å². The van der Waals surface area contributed by atoms with E-state index in [4.69, 9.17) is 10.8 Å². The van der Waals surface area contributed by atoms with Crippen molar-refractivity contribution < 1.29 is 9.90 Å². The van der Waals surface area contributed by atoms with E-state index in [0.717, 1.165) is 21.3 Å². The fourth-order valence-corrected chi connectivity index (χ4v) is 2.75. The Morgan fingerprint density at radius 2 is 2.44 bits per heavy atom. The maximum Gasteiger partial charge on any atom is 0.353 e. The van der Waals surface area contributed by atoms with Gasteiger partial charge in [0.2, 0.25) is 0 Å². The number of aliphatic carboxylic acids is 1. The molecule has 94 valence electrons. The lowest BCUT2D eigenvalue weighted by molar-refractivity contribution is -0.134. The van der Waals surface area contributed by atoms with Crippen molar-refractivity contribution in [3.05, 3.63) is 41.2 Å². The summed E-state index contributed by atoms with van der Waals surface area (Å²) in [5.41, 5.74) is 6.32. The number of pyridine rings is 1. The molecule has 2 aromatic heterocycles. The van der Waals surface area contributed by atoms with E-state index in [0.29, 0.717) is 6.54 Å². The van der Waals surface area contributed by atoms with E-state index in [2.05, 4.69) is 4.98 Å². The second-order valence-corrected chi connectivity index (χ2v) is 4.98. The number of rotatable bonds is 4. The average molecular weight is 263 g/mol. The maximum absolute atomic E-state index is 10.9. The predicted molar refractivity (Wildman–Crippen MR) is 71.0 cm³/mol. The van der Waals surface area contributed by atoms with E-state index in [1.807, 2.05) is 18.2 Å². The van der Waals surface area contributed by atoms with Gasteiger partial charge in [-0.3, -0.25) is 4.98 Å². The lowest BCUT2D eigenvalue weighted by Gasteiger charge is -2.17. The number of carbonyl (C=O) groups is 1. The minimum atomic E-state index is -1.03. The molecule has 0 spiro atoms. The van der Waals surface area contributed by atoms with Crippen LogP contribution in [-0.4, -0.2) is 28.0 Å². The number of nitrogens with zero attached hydrogens (tertiary/aromatic N) is 2. The van der Waals surface area contributed by atoms with Crippen molar-refractivity contribution in [3.8, 4) is 0 Å². The molecule has 0 fully saturated rings. The second kappa shape index (κ2) is 5.05. The van der Waals surface area contributed by atoms with Gasteiger partial charge in [-0.15, -0.1) is 11.3 Å². The third-order valence-corrected chi connectivity index (χ3v) is 3.59. The largest absolute Gasteiger partial charge is 0.477 e. The fourth-order valence-electron chi connectivity index (χ4n) is 1.68. The number of fused-ring (bicyclic) bond motifs is 1. The van der Waals surface area contributed by atoms with Crippen molar-refractivity contribution in [1.82, 2.24) is 9.88 Å². The molecule has 6 heteroatoms. The van der Waals surface area contributed by atoms with Gasteiger partial charge in [0, 0.05) is 24.3 Å². The lowest BCUT2D eigenvalue weighted by atomic mass is 10.3. The molecule has 0 radical (unpaired) electrons. The number of hydrogen-bond acceptors (Lipinski definition) is 5. The van der Waals surface area contributed by atoms with Gasteiger partial charge in [0.15, 0.2) is 0 Å². The topological polar surface area (TPSA) is 79.5 Å². The predicted octanol–water partition coefficient (Wildman–Crippen LogP) is 1.61. The van der Waals surface area contributed by atoms with Gasteiger partial charge in [0.05, 0.1) is 16.8 Å². The van der Waals surface area contributed by atoms with E-state index in [9.17, 15) is 4.79 Å². The molecule has 2 rings (SSSR count). The number of thiophene rings is 1. The zero-order chi connectivity index (χ0) is 13.1. The summed E-state index contributed by atoms with van der Waals surface area (Å²) in [5, 5.41) is 8.96. The van der Waals surface area contributed by atoms with Gasteiger partial charge in [0.1, 0.15) is 5.70 Å². The number of carboxylic acids is 1. The molecule has 18 heavy (non-hydrogen) atoms. The molecule has 0 aliphatic heterocycles. The normalized spacial score (nSPS) is 11.7. The Labute approximate surface area is 108 Å². The van der Waals surface area contributed by atoms with Crippen LogP contribution in [0, 0.1) is 0 Å². The standard InChI is InChI=1S/C12H13N3O2S/c1-15(10(6-13)12(16)17)7-8-5-9-11(18-8)3-2-4-14-9/h2-6H,7,13H2,1H3,(H,16,17)/b10-6-. The van der Waals surface area contributed by atoms with E-state index in [1.165, 1.54) is 0 Å². The number of carboxylic acid groups (broad SMARTS) is 1. The van der Waals surface area contributed by atoms with Crippen LogP contribution in [0.15, 0.2) is 36.3 Å². The Kier molecular flexibility index (Phi) is 3.47. The van der Waals surface area contributed by atoms with Crippen LogP contribution in [0.5, 0.6) is 0 Å². The van der Waals surface area contributed by atoms with Crippen LogP contribution in [0.25, 0.3) is 10.2 Å². The van der Waals surface area contributed by atoms with Crippen molar-refractivity contribution in [1.29, 1.82) is 0 Å². The molecule has 3 N–H and O–H groups in total. The molecule has 0 aromatic carbocycles. The highest BCUT2D eigenvalue weighted by Gasteiger charge is 2.13. The van der Waals surface area contributed by atoms with Crippen LogP contribution in [-0.2, 0) is 11.3 Å². The first kappa shape index (κ1) is 12.4. The number of aromatic nitrogens is 1. The smallest absolute Gasteiger partial charge is 0.353 e. The second-order valence-electron chi connectivity index (χ2n) is 3.81. The van der Waals surface area contributed by atoms with Crippen LogP contribution >= 0.6 is 11.3 Å². The van der Waals surface area contributed by atoms with Gasteiger partial charge in [-0.1, -0.05) is 0 Å². The van der Waals surface area contributed by atoms with Crippen LogP contribution in [0.1, 0.15) is 4.88 Å². The highest BCUT2D eigenvalue weighted by atomic mass is 32.1. The van der Waals surface area contributed by atoms with Crippen LogP contribution in [0.2, 0.25) is 0 Å². The van der Waals surface area contributed by atoms with Crippen LogP contribution in [0.4, 0.5) is 0 Å². The molecule has 0 aliphatic rings. The summed E-state index contributed by atoms with van der Waals surface area (Å²) >= 11 is 1.60. The molecule has 5 nitrogen and oxygen atoms in total. The van der Waals surface area contributed by atoms with Crippen molar-refractivity contribution in [2.24, 2.45) is 5.73 Å². The molecule has 0 bridgehead atoms. The van der Waals surface area contributed by atoms with Gasteiger partial charge in [0.25, 0.3) is 0 Å². The van der Waals surface area contributed by atoms with Gasteiger partial charge in [-0.2, -0.15) is 0 Å². The maximum atomic E-state index is 10.9. The summed E-state index contributed by atoms with van der Waals surface area (Å²) in [6.45, 7) is 0.496. The number of hydrogen-bond donors (Lipinski definition) is 2. The van der Waals surface area contributed by atoms with Gasteiger partial charge in [-0.05, 0) is 18.2 Å². The minimum absolute atomic E-state index is 0.0837. The molecule has 0 amide bonds. The first-order chi connectivity index (χ1) is 8.61. The first-order valence-electron chi connectivity index (χ1n) is 5.31. The summed E-state index contributed by atoms with van der Waals surface area (Å²) in [4.78, 5) is 17.8. The monoisotopic (exact) mass is 263 g/mol. The Morgan fingerprint density at radius 3 is 3.06 bits per heavy atom. The van der Waals surface area contributed by atoms with Crippen molar-refractivity contribution in [3.63, 3.8) is 0 Å². The summed E-state index contributed by atoms with van der Waals surface area (Å²) in [6.07, 6.45) is 2.85. The quantitative estimate of drug-likeness (QED) is 0.819. The minimum Gasteiger partial charge on any atom is -0.477 e. The van der Waals surface area contributed by atoms with Crippen LogP contribution < -0.4 is 5.73 Å². The van der Waals surface area contributed by atoms with E-state index in [1.54, 1.807) is 29.5 Å². The Hall–Kier alpha value is -2.08. The highest BCUT2D eigenvalue weighted by molar-refractivity contribution is 7.19. The molecular weight excluding hydrogens is 250 g/mol. The molecular formula is C12H13N3O2S. The van der Waals surface area contributed by atoms with Crippen molar-refractivity contribution >= 4 is 27.5 Å².